The van der Waals surface area contributed by atoms with Crippen molar-refractivity contribution in [3.63, 3.8) is 0 Å². The normalized spacial score (nSPS) is 11.4. The topological polar surface area (TPSA) is 70.3 Å². The Morgan fingerprint density at radius 3 is 2.58 bits per heavy atom. The summed E-state index contributed by atoms with van der Waals surface area (Å²) >= 11 is 0.500. The summed E-state index contributed by atoms with van der Waals surface area (Å²) in [6.45, 7) is 0. The van der Waals surface area contributed by atoms with Gasteiger partial charge in [-0.1, -0.05) is 0 Å². The monoisotopic (exact) mass is 291 g/mol. The average Bonchev–Trinajstić information content (AvgIpc) is 2.80. The quantitative estimate of drug-likeness (QED) is 0.880. The molecule has 2 N–H and O–H groups in total. The first-order chi connectivity index (χ1) is 8.90. The Hall–Kier alpha value is -2.03. The fourth-order valence-corrected chi connectivity index (χ4v) is 1.77. The van der Waals surface area contributed by atoms with Crippen molar-refractivity contribution in [2.75, 3.05) is 12.8 Å². The van der Waals surface area contributed by atoms with Gasteiger partial charge in [-0.15, -0.1) is 0 Å². The lowest BCUT2D eigenvalue weighted by atomic mass is 10.3. The summed E-state index contributed by atoms with van der Waals surface area (Å²) in [5, 5.41) is -0.232. The lowest BCUT2D eigenvalue weighted by Crippen LogP contribution is -2.06. The molecule has 0 aliphatic heterocycles. The minimum Gasteiger partial charge on any atom is -0.497 e. The van der Waals surface area contributed by atoms with Crippen LogP contribution in [0.1, 0.15) is 5.82 Å². The van der Waals surface area contributed by atoms with Crippen LogP contribution >= 0.6 is 11.5 Å². The van der Waals surface area contributed by atoms with Crippen molar-refractivity contribution in [3.8, 4) is 16.7 Å². The fourth-order valence-electron chi connectivity index (χ4n) is 1.21. The summed E-state index contributed by atoms with van der Waals surface area (Å²) in [4.78, 5) is 3.23. The van der Waals surface area contributed by atoms with Gasteiger partial charge in [0, 0.05) is 17.6 Å². The Morgan fingerprint density at radius 2 is 2.05 bits per heavy atom. The number of anilines is 1. The second-order valence-corrected chi connectivity index (χ2v) is 4.10. The van der Waals surface area contributed by atoms with E-state index in [0.29, 0.717) is 17.3 Å². The van der Waals surface area contributed by atoms with Crippen LogP contribution in [0.25, 0.3) is 0 Å². The van der Waals surface area contributed by atoms with Gasteiger partial charge < -0.3 is 15.2 Å². The van der Waals surface area contributed by atoms with Gasteiger partial charge in [0.05, 0.1) is 12.8 Å². The molecule has 0 aliphatic rings. The first-order valence-electron chi connectivity index (χ1n) is 4.92. The number of hydrogen-bond acceptors (Lipinski definition) is 6. The SMILES string of the molecule is COc1ccc(Oc2nc(C(F)(F)F)ns2)c(N)c1. The molecule has 0 bridgehead atoms. The van der Waals surface area contributed by atoms with E-state index < -0.39 is 12.0 Å². The van der Waals surface area contributed by atoms with Crippen molar-refractivity contribution in [3.05, 3.63) is 24.0 Å². The number of nitrogen functional groups attached to an aromatic ring is 1. The maximum atomic E-state index is 12.3. The molecule has 1 aromatic heterocycles. The van der Waals surface area contributed by atoms with E-state index in [1.54, 1.807) is 6.07 Å². The van der Waals surface area contributed by atoms with Gasteiger partial charge in [-0.25, -0.2) is 0 Å². The van der Waals surface area contributed by atoms with Crippen molar-refractivity contribution >= 4 is 17.2 Å². The number of rotatable bonds is 3. The molecule has 0 radical (unpaired) electrons. The van der Waals surface area contributed by atoms with E-state index in [-0.39, 0.29) is 16.6 Å². The molecule has 0 saturated heterocycles. The third kappa shape index (κ3) is 3.05. The molecule has 0 amide bonds. The largest absolute Gasteiger partial charge is 0.497 e. The van der Waals surface area contributed by atoms with Crippen LogP contribution in [0, 0.1) is 0 Å². The molecule has 0 spiro atoms. The number of methoxy groups -OCH3 is 1. The predicted octanol–water partition coefficient (Wildman–Crippen LogP) is 2.94. The molecular weight excluding hydrogens is 283 g/mol. The van der Waals surface area contributed by atoms with Crippen LogP contribution < -0.4 is 15.2 Å². The Bertz CT molecular complexity index is 586. The molecule has 1 heterocycles. The highest BCUT2D eigenvalue weighted by molar-refractivity contribution is 7.07. The maximum absolute atomic E-state index is 12.3. The number of aromatic nitrogens is 2. The third-order valence-electron chi connectivity index (χ3n) is 2.08. The van der Waals surface area contributed by atoms with Crippen molar-refractivity contribution < 1.29 is 22.6 Å². The van der Waals surface area contributed by atoms with E-state index in [2.05, 4.69) is 9.36 Å². The minimum absolute atomic E-state index is 0.186. The molecule has 19 heavy (non-hydrogen) atoms. The summed E-state index contributed by atoms with van der Waals surface area (Å²) in [7, 11) is 1.47. The molecular formula is C10H8F3N3O2S. The van der Waals surface area contributed by atoms with Gasteiger partial charge in [0.1, 0.15) is 5.75 Å². The molecule has 0 aliphatic carbocycles. The van der Waals surface area contributed by atoms with Crippen molar-refractivity contribution in [1.29, 1.82) is 0 Å². The van der Waals surface area contributed by atoms with Crippen LogP contribution in [0.4, 0.5) is 18.9 Å². The molecule has 2 rings (SSSR count). The van der Waals surface area contributed by atoms with Gasteiger partial charge in [-0.3, -0.25) is 0 Å². The second kappa shape index (κ2) is 4.92. The van der Waals surface area contributed by atoms with E-state index in [1.165, 1.54) is 19.2 Å². The summed E-state index contributed by atoms with van der Waals surface area (Å²) < 4.78 is 50.2. The molecule has 0 atom stereocenters. The zero-order valence-electron chi connectivity index (χ0n) is 9.56. The van der Waals surface area contributed by atoms with Gasteiger partial charge in [0.2, 0.25) is 0 Å². The highest BCUT2D eigenvalue weighted by Gasteiger charge is 2.36. The molecule has 5 nitrogen and oxygen atoms in total. The highest BCUT2D eigenvalue weighted by atomic mass is 32.1. The van der Waals surface area contributed by atoms with Crippen LogP contribution in [0.5, 0.6) is 16.7 Å². The van der Waals surface area contributed by atoms with Crippen LogP contribution in [0.15, 0.2) is 18.2 Å². The molecule has 2 aromatic rings. The Balaban J connectivity index is 2.20. The third-order valence-corrected chi connectivity index (χ3v) is 2.67. The number of halogens is 3. The number of alkyl halides is 3. The molecule has 0 unspecified atom stereocenters. The van der Waals surface area contributed by atoms with Gasteiger partial charge in [0.15, 0.2) is 5.75 Å². The number of nitrogens with zero attached hydrogens (tertiary/aromatic N) is 2. The standard InChI is InChI=1S/C10H8F3N3O2S/c1-17-5-2-3-7(6(14)4-5)18-9-15-8(16-19-9)10(11,12)13/h2-4H,14H2,1H3. The summed E-state index contributed by atoms with van der Waals surface area (Å²) in [5.74, 6) is -0.539. The highest BCUT2D eigenvalue weighted by Crippen LogP contribution is 2.34. The van der Waals surface area contributed by atoms with Gasteiger partial charge >= 0.3 is 6.18 Å². The summed E-state index contributed by atoms with van der Waals surface area (Å²) in [6.07, 6.45) is -4.59. The summed E-state index contributed by atoms with van der Waals surface area (Å²) in [6, 6.07) is 4.53. The molecule has 0 saturated carbocycles. The van der Waals surface area contributed by atoms with E-state index in [4.69, 9.17) is 15.2 Å². The van der Waals surface area contributed by atoms with Crippen molar-refractivity contribution in [2.24, 2.45) is 0 Å². The average molecular weight is 291 g/mol. The number of hydrogen-bond donors (Lipinski definition) is 1. The smallest absolute Gasteiger partial charge is 0.452 e. The lowest BCUT2D eigenvalue weighted by Gasteiger charge is -2.06. The van der Waals surface area contributed by atoms with Crippen LogP contribution in [-0.4, -0.2) is 16.5 Å². The fraction of sp³-hybridized carbons (Fsp3) is 0.200. The zero-order chi connectivity index (χ0) is 14.0. The Morgan fingerprint density at radius 1 is 1.32 bits per heavy atom. The molecule has 9 heteroatoms. The number of ether oxygens (including phenoxy) is 2. The first kappa shape index (κ1) is 13.4. The van der Waals surface area contributed by atoms with E-state index in [9.17, 15) is 13.2 Å². The maximum Gasteiger partial charge on any atom is 0.452 e. The van der Waals surface area contributed by atoms with E-state index in [1.807, 2.05) is 0 Å². The van der Waals surface area contributed by atoms with Crippen LogP contribution in [-0.2, 0) is 6.18 Å². The van der Waals surface area contributed by atoms with E-state index in [0.717, 1.165) is 0 Å². The minimum atomic E-state index is -4.59. The number of nitrogens with two attached hydrogens (primary N) is 1. The Kier molecular flexibility index (Phi) is 3.47. The number of benzene rings is 1. The van der Waals surface area contributed by atoms with Crippen LogP contribution in [0.2, 0.25) is 0 Å². The summed E-state index contributed by atoms with van der Waals surface area (Å²) in [5.41, 5.74) is 5.89. The van der Waals surface area contributed by atoms with Gasteiger partial charge in [-0.05, 0) is 12.1 Å². The van der Waals surface area contributed by atoms with Crippen molar-refractivity contribution in [1.82, 2.24) is 9.36 Å². The van der Waals surface area contributed by atoms with Gasteiger partial charge in [-0.2, -0.15) is 22.5 Å². The van der Waals surface area contributed by atoms with Gasteiger partial charge in [0.25, 0.3) is 11.0 Å². The van der Waals surface area contributed by atoms with E-state index >= 15 is 0 Å². The predicted molar refractivity (Wildman–Crippen MR) is 62.4 cm³/mol. The molecule has 0 fully saturated rings. The zero-order valence-corrected chi connectivity index (χ0v) is 10.4. The first-order valence-corrected chi connectivity index (χ1v) is 5.70. The Labute approximate surface area is 110 Å². The molecule has 102 valence electrons. The molecule has 1 aromatic carbocycles. The van der Waals surface area contributed by atoms with Crippen molar-refractivity contribution in [2.45, 2.75) is 6.18 Å². The lowest BCUT2D eigenvalue weighted by molar-refractivity contribution is -0.144. The van der Waals surface area contributed by atoms with Crippen LogP contribution in [0.3, 0.4) is 0 Å². The second-order valence-electron chi connectivity index (χ2n) is 3.39.